The summed E-state index contributed by atoms with van der Waals surface area (Å²) in [6, 6.07) is 0. The van der Waals surface area contributed by atoms with E-state index < -0.39 is 0 Å². The lowest BCUT2D eigenvalue weighted by molar-refractivity contribution is 0.495. The molecule has 2 rings (SSSR count). The average molecular weight is 248 g/mol. The van der Waals surface area contributed by atoms with E-state index in [9.17, 15) is 0 Å². The van der Waals surface area contributed by atoms with Crippen molar-refractivity contribution in [2.45, 2.75) is 19.4 Å². The maximum absolute atomic E-state index is 5.21. The van der Waals surface area contributed by atoms with Crippen molar-refractivity contribution in [3.8, 4) is 0 Å². The van der Waals surface area contributed by atoms with Crippen molar-refractivity contribution in [2.75, 3.05) is 5.32 Å². The summed E-state index contributed by atoms with van der Waals surface area (Å²) in [6.07, 6.45) is 0. The van der Waals surface area contributed by atoms with E-state index in [4.69, 9.17) is 24.4 Å². The van der Waals surface area contributed by atoms with Crippen LogP contribution in [0.1, 0.15) is 18.7 Å². The molecule has 1 aromatic heterocycles. The molecule has 0 unspecified atom stereocenters. The highest BCUT2D eigenvalue weighted by atomic mass is 32.9. The molecular weight excluding hydrogens is 240 g/mol. The van der Waals surface area contributed by atoms with E-state index in [2.05, 4.69) is 24.5 Å². The number of fused-ring (bicyclic) bond motifs is 1. The Balaban J connectivity index is 2.64. The third kappa shape index (κ3) is 1.52. The maximum Gasteiger partial charge on any atom is 0.171 e. The van der Waals surface area contributed by atoms with Crippen molar-refractivity contribution in [3.05, 3.63) is 8.70 Å². The van der Waals surface area contributed by atoms with Crippen LogP contribution in [0.3, 0.4) is 0 Å². The molecule has 0 radical (unpaired) electrons. The molecule has 1 aliphatic rings. The van der Waals surface area contributed by atoms with Crippen LogP contribution in [0.15, 0.2) is 0 Å². The van der Waals surface area contributed by atoms with Gasteiger partial charge in [0.15, 0.2) is 5.11 Å². The first-order chi connectivity index (χ1) is 6.00. The van der Waals surface area contributed by atoms with Gasteiger partial charge in [-0.15, -0.1) is 0 Å². The molecule has 0 aromatic carbocycles. The Kier molecular flexibility index (Phi) is 2.18. The molecule has 1 aliphatic heterocycles. The minimum Gasteiger partial charge on any atom is -0.353 e. The van der Waals surface area contributed by atoms with Crippen LogP contribution in [0, 0.1) is 3.82 Å². The van der Waals surface area contributed by atoms with Crippen LogP contribution >= 0.6 is 45.1 Å². The van der Waals surface area contributed by atoms with Crippen LogP contribution in [-0.2, 0) is 5.54 Å². The number of hydrogen-bond donors (Lipinski definition) is 2. The van der Waals surface area contributed by atoms with E-state index >= 15 is 0 Å². The predicted molar refractivity (Wildman–Crippen MR) is 65.4 cm³/mol. The van der Waals surface area contributed by atoms with Gasteiger partial charge < -0.3 is 10.6 Å². The van der Waals surface area contributed by atoms with Crippen molar-refractivity contribution < 1.29 is 0 Å². The fourth-order valence-corrected chi connectivity index (χ4v) is 4.70. The summed E-state index contributed by atoms with van der Waals surface area (Å²) in [5, 5.41) is 6.98. The summed E-state index contributed by atoms with van der Waals surface area (Å²) >= 11 is 10.3. The van der Waals surface area contributed by atoms with Crippen LogP contribution < -0.4 is 10.6 Å². The molecule has 0 fully saturated rings. The van der Waals surface area contributed by atoms with Crippen molar-refractivity contribution in [3.63, 3.8) is 0 Å². The molecule has 70 valence electrons. The van der Waals surface area contributed by atoms with Crippen LogP contribution in [0.25, 0.3) is 0 Å². The lowest BCUT2D eigenvalue weighted by atomic mass is 10.0. The molecule has 0 amide bonds. The number of thiocarbonyl (C=S) groups is 1. The molecule has 13 heavy (non-hydrogen) atoms. The first-order valence-corrected chi connectivity index (χ1v) is 6.70. The third-order valence-corrected chi connectivity index (χ3v) is 5.41. The van der Waals surface area contributed by atoms with Crippen LogP contribution in [0.2, 0.25) is 0 Å². The Hall–Kier alpha value is -0.0400. The highest BCUT2D eigenvalue weighted by Gasteiger charge is 2.31. The van der Waals surface area contributed by atoms with Crippen LogP contribution in [-0.4, -0.2) is 5.11 Å². The van der Waals surface area contributed by atoms with E-state index in [1.807, 2.05) is 0 Å². The third-order valence-electron chi connectivity index (χ3n) is 1.86. The summed E-state index contributed by atoms with van der Waals surface area (Å²) in [6.45, 7) is 4.22. The Labute approximate surface area is 94.4 Å². The van der Waals surface area contributed by atoms with Gasteiger partial charge in [0.05, 0.1) is 16.1 Å². The van der Waals surface area contributed by atoms with Gasteiger partial charge in [0.25, 0.3) is 0 Å². The van der Waals surface area contributed by atoms with E-state index in [-0.39, 0.29) is 5.54 Å². The monoisotopic (exact) mass is 248 g/mol. The summed E-state index contributed by atoms with van der Waals surface area (Å²) in [5.74, 6) is 0. The quantitative estimate of drug-likeness (QED) is 0.544. The van der Waals surface area contributed by atoms with Gasteiger partial charge in [-0.05, 0) is 26.1 Å². The standard InChI is InChI=1S/C7H8N2S4/c1-7(2)4-3(5(10)13-12-4)8-6(11)9-7/h1-2H3,(H2,8,9,11). The second kappa shape index (κ2) is 2.98. The molecule has 2 heterocycles. The van der Waals surface area contributed by atoms with Gasteiger partial charge in [-0.2, -0.15) is 0 Å². The van der Waals surface area contributed by atoms with E-state index in [1.165, 1.54) is 4.88 Å². The molecule has 0 atom stereocenters. The van der Waals surface area contributed by atoms with Gasteiger partial charge in [-0.25, -0.2) is 0 Å². The minimum absolute atomic E-state index is 0.0874. The zero-order valence-corrected chi connectivity index (χ0v) is 10.4. The van der Waals surface area contributed by atoms with E-state index in [0.29, 0.717) is 5.11 Å². The van der Waals surface area contributed by atoms with E-state index in [1.54, 1.807) is 20.7 Å². The number of hydrogen-bond acceptors (Lipinski definition) is 4. The summed E-state index contributed by atoms with van der Waals surface area (Å²) < 4.78 is 0.900. The Bertz CT molecular complexity index is 414. The smallest absolute Gasteiger partial charge is 0.171 e. The highest BCUT2D eigenvalue weighted by Crippen LogP contribution is 2.39. The average Bonchev–Trinajstić information content (AvgIpc) is 2.31. The molecule has 2 nitrogen and oxygen atoms in total. The van der Waals surface area contributed by atoms with Gasteiger partial charge in [0.2, 0.25) is 0 Å². The van der Waals surface area contributed by atoms with Crippen molar-refractivity contribution in [1.29, 1.82) is 0 Å². The SMILES string of the molecule is CC1(C)NC(=S)Nc2c1ssc2=S. The second-order valence-corrected chi connectivity index (χ2v) is 6.59. The Morgan fingerprint density at radius 1 is 1.23 bits per heavy atom. The first-order valence-electron chi connectivity index (χ1n) is 3.73. The zero-order chi connectivity index (χ0) is 9.64. The fraction of sp³-hybridized carbons (Fsp3) is 0.429. The molecule has 1 aromatic rings. The van der Waals surface area contributed by atoms with E-state index in [0.717, 1.165) is 9.51 Å². The largest absolute Gasteiger partial charge is 0.353 e. The Morgan fingerprint density at radius 3 is 2.62 bits per heavy atom. The maximum atomic E-state index is 5.21. The number of nitrogens with one attached hydrogen (secondary N) is 2. The lowest BCUT2D eigenvalue weighted by Gasteiger charge is -2.32. The summed E-state index contributed by atoms with van der Waals surface area (Å²) in [7, 11) is 3.33. The molecular formula is C7H8N2S4. The molecule has 2 N–H and O–H groups in total. The highest BCUT2D eigenvalue weighted by molar-refractivity contribution is 7.81. The minimum atomic E-state index is -0.0874. The molecule has 0 aliphatic carbocycles. The van der Waals surface area contributed by atoms with Crippen LogP contribution in [0.4, 0.5) is 5.69 Å². The summed E-state index contributed by atoms with van der Waals surface area (Å²) in [5.41, 5.74) is 0.939. The molecule has 0 spiro atoms. The Morgan fingerprint density at radius 2 is 1.92 bits per heavy atom. The van der Waals surface area contributed by atoms with Crippen molar-refractivity contribution in [2.24, 2.45) is 0 Å². The fourth-order valence-electron chi connectivity index (χ4n) is 1.27. The number of anilines is 1. The molecule has 0 bridgehead atoms. The summed E-state index contributed by atoms with van der Waals surface area (Å²) in [4.78, 5) is 1.25. The van der Waals surface area contributed by atoms with Crippen LogP contribution in [0.5, 0.6) is 0 Å². The molecule has 6 heteroatoms. The van der Waals surface area contributed by atoms with Crippen molar-refractivity contribution >= 4 is 55.9 Å². The zero-order valence-electron chi connectivity index (χ0n) is 7.13. The van der Waals surface area contributed by atoms with Gasteiger partial charge in [0.1, 0.15) is 3.82 Å². The first kappa shape index (κ1) is 9.51. The molecule has 0 saturated heterocycles. The molecule has 0 saturated carbocycles. The van der Waals surface area contributed by atoms with Gasteiger partial charge in [-0.3, -0.25) is 0 Å². The van der Waals surface area contributed by atoms with Gasteiger partial charge in [0, 0.05) is 0 Å². The topological polar surface area (TPSA) is 24.1 Å². The number of rotatable bonds is 0. The van der Waals surface area contributed by atoms with Crippen molar-refractivity contribution in [1.82, 2.24) is 5.32 Å². The van der Waals surface area contributed by atoms with Gasteiger partial charge in [-0.1, -0.05) is 32.9 Å². The van der Waals surface area contributed by atoms with Gasteiger partial charge >= 0.3 is 0 Å². The second-order valence-electron chi connectivity index (χ2n) is 3.36. The predicted octanol–water partition coefficient (Wildman–Crippen LogP) is 3.07. The normalized spacial score (nSPS) is 18.8. The lowest BCUT2D eigenvalue weighted by Crippen LogP contribution is -2.46.